The molecule has 18 heavy (non-hydrogen) atoms. The Labute approximate surface area is 110 Å². The molecule has 3 rings (SSSR count). The lowest BCUT2D eigenvalue weighted by Crippen LogP contribution is -2.01. The van der Waals surface area contributed by atoms with Crippen molar-refractivity contribution in [2.24, 2.45) is 0 Å². The van der Waals surface area contributed by atoms with E-state index in [2.05, 4.69) is 16.4 Å². The molecule has 0 spiro atoms. The van der Waals surface area contributed by atoms with Crippen LogP contribution >= 0.6 is 11.3 Å². The summed E-state index contributed by atoms with van der Waals surface area (Å²) in [7, 11) is 0. The van der Waals surface area contributed by atoms with E-state index in [9.17, 15) is 4.39 Å². The van der Waals surface area contributed by atoms with E-state index in [1.165, 1.54) is 16.9 Å². The van der Waals surface area contributed by atoms with Crippen molar-refractivity contribution in [1.82, 2.24) is 4.98 Å². The molecule has 0 saturated heterocycles. The number of fused-ring (bicyclic) bond motifs is 1. The van der Waals surface area contributed by atoms with Gasteiger partial charge < -0.3 is 5.32 Å². The van der Waals surface area contributed by atoms with Gasteiger partial charge in [-0.05, 0) is 18.9 Å². The number of nitrogens with one attached hydrogen (secondary N) is 1. The van der Waals surface area contributed by atoms with Crippen LogP contribution in [0.1, 0.15) is 28.0 Å². The van der Waals surface area contributed by atoms with Crippen LogP contribution in [0.2, 0.25) is 0 Å². The maximum Gasteiger partial charge on any atom is 0.133 e. The number of hydrogen-bond donors (Lipinski definition) is 1. The Hall–Kier alpha value is -1.42. The summed E-state index contributed by atoms with van der Waals surface area (Å²) >= 11 is 1.53. The minimum atomic E-state index is -0.976. The standard InChI is InChI=1S/C14H15FN2S/c1-9-8-18-13(17-9)7-12(15)11-4-2-3-10-5-6-16-14(10)11/h2-4,8,12,16H,5-7H2,1H3. The number of rotatable bonds is 3. The topological polar surface area (TPSA) is 24.9 Å². The second kappa shape index (κ2) is 4.69. The molecule has 1 N–H and O–H groups in total. The molecule has 2 heterocycles. The normalized spacial score (nSPS) is 15.2. The lowest BCUT2D eigenvalue weighted by atomic mass is 10.0. The van der Waals surface area contributed by atoms with Gasteiger partial charge in [0.05, 0.1) is 5.01 Å². The summed E-state index contributed by atoms with van der Waals surface area (Å²) in [5.74, 6) is 0. The van der Waals surface area contributed by atoms with Crippen LogP contribution in [-0.2, 0) is 12.8 Å². The Bertz CT molecular complexity index is 565. The maximum atomic E-state index is 14.4. The first kappa shape index (κ1) is 11.7. The summed E-state index contributed by atoms with van der Waals surface area (Å²) in [4.78, 5) is 4.33. The Morgan fingerprint density at radius 3 is 3.17 bits per heavy atom. The van der Waals surface area contributed by atoms with Crippen molar-refractivity contribution in [2.45, 2.75) is 25.9 Å². The van der Waals surface area contributed by atoms with Gasteiger partial charge in [0.25, 0.3) is 0 Å². The average molecular weight is 262 g/mol. The molecule has 2 aromatic rings. The molecule has 0 saturated carbocycles. The zero-order chi connectivity index (χ0) is 12.5. The largest absolute Gasteiger partial charge is 0.384 e. The zero-order valence-corrected chi connectivity index (χ0v) is 11.1. The van der Waals surface area contributed by atoms with Crippen LogP contribution in [0.25, 0.3) is 0 Å². The molecule has 1 aliphatic rings. The lowest BCUT2D eigenvalue weighted by Gasteiger charge is -2.12. The smallest absolute Gasteiger partial charge is 0.133 e. The van der Waals surface area contributed by atoms with Crippen LogP contribution in [0.5, 0.6) is 0 Å². The number of halogens is 1. The van der Waals surface area contributed by atoms with E-state index in [0.717, 1.165) is 34.9 Å². The van der Waals surface area contributed by atoms with Gasteiger partial charge in [0, 0.05) is 35.3 Å². The van der Waals surface area contributed by atoms with Crippen molar-refractivity contribution >= 4 is 17.0 Å². The first-order valence-electron chi connectivity index (χ1n) is 6.15. The van der Waals surface area contributed by atoms with Crippen LogP contribution in [0.3, 0.4) is 0 Å². The van der Waals surface area contributed by atoms with Gasteiger partial charge in [-0.1, -0.05) is 18.2 Å². The fourth-order valence-corrected chi connectivity index (χ4v) is 3.19. The highest BCUT2D eigenvalue weighted by molar-refractivity contribution is 7.09. The predicted octanol–water partition coefficient (Wildman–Crippen LogP) is 3.67. The van der Waals surface area contributed by atoms with E-state index in [-0.39, 0.29) is 0 Å². The summed E-state index contributed by atoms with van der Waals surface area (Å²) < 4.78 is 14.4. The Balaban J connectivity index is 1.84. The van der Waals surface area contributed by atoms with E-state index in [1.807, 2.05) is 24.4 Å². The molecule has 1 aromatic heterocycles. The average Bonchev–Trinajstić information content (AvgIpc) is 2.97. The summed E-state index contributed by atoms with van der Waals surface area (Å²) in [5, 5.41) is 6.12. The molecule has 4 heteroatoms. The Morgan fingerprint density at radius 1 is 1.50 bits per heavy atom. The van der Waals surface area contributed by atoms with Crippen molar-refractivity contribution in [3.8, 4) is 0 Å². The van der Waals surface area contributed by atoms with E-state index < -0.39 is 6.17 Å². The number of anilines is 1. The Kier molecular flexibility index (Phi) is 3.04. The molecule has 1 aromatic carbocycles. The minimum Gasteiger partial charge on any atom is -0.384 e. The fraction of sp³-hybridized carbons (Fsp3) is 0.357. The predicted molar refractivity (Wildman–Crippen MR) is 73.0 cm³/mol. The summed E-state index contributed by atoms with van der Waals surface area (Å²) in [5.41, 5.74) is 3.97. The van der Waals surface area contributed by atoms with Crippen LogP contribution in [0.15, 0.2) is 23.6 Å². The molecule has 0 aliphatic carbocycles. The molecular weight excluding hydrogens is 247 g/mol. The third-order valence-corrected chi connectivity index (χ3v) is 4.23. The van der Waals surface area contributed by atoms with Crippen LogP contribution in [0.4, 0.5) is 10.1 Å². The lowest BCUT2D eigenvalue weighted by molar-refractivity contribution is 0.343. The first-order chi connectivity index (χ1) is 8.74. The van der Waals surface area contributed by atoms with Gasteiger partial charge in [-0.2, -0.15) is 0 Å². The van der Waals surface area contributed by atoms with Crippen molar-refractivity contribution in [3.63, 3.8) is 0 Å². The monoisotopic (exact) mass is 262 g/mol. The summed E-state index contributed by atoms with van der Waals surface area (Å²) in [6.07, 6.45) is 0.388. The third-order valence-electron chi connectivity index (χ3n) is 3.24. The van der Waals surface area contributed by atoms with Gasteiger partial charge in [0.2, 0.25) is 0 Å². The van der Waals surface area contributed by atoms with Gasteiger partial charge in [0.15, 0.2) is 0 Å². The first-order valence-corrected chi connectivity index (χ1v) is 7.03. The number of aromatic nitrogens is 1. The Morgan fingerprint density at radius 2 is 2.39 bits per heavy atom. The van der Waals surface area contributed by atoms with Gasteiger partial charge in [-0.15, -0.1) is 11.3 Å². The van der Waals surface area contributed by atoms with Crippen LogP contribution in [-0.4, -0.2) is 11.5 Å². The van der Waals surface area contributed by atoms with Crippen molar-refractivity contribution < 1.29 is 4.39 Å². The second-order valence-electron chi connectivity index (χ2n) is 4.61. The number of para-hydroxylation sites is 1. The summed E-state index contributed by atoms with van der Waals surface area (Å²) in [6.45, 7) is 2.85. The molecule has 1 unspecified atom stereocenters. The van der Waals surface area contributed by atoms with Crippen LogP contribution < -0.4 is 5.32 Å². The summed E-state index contributed by atoms with van der Waals surface area (Å²) in [6, 6.07) is 5.89. The highest BCUT2D eigenvalue weighted by atomic mass is 32.1. The maximum absolute atomic E-state index is 14.4. The molecule has 2 nitrogen and oxygen atoms in total. The molecule has 1 atom stereocenters. The number of benzene rings is 1. The second-order valence-corrected chi connectivity index (χ2v) is 5.56. The number of alkyl halides is 1. The highest BCUT2D eigenvalue weighted by Gasteiger charge is 2.21. The van der Waals surface area contributed by atoms with Crippen molar-refractivity contribution in [3.05, 3.63) is 45.4 Å². The fourth-order valence-electron chi connectivity index (χ4n) is 2.39. The third kappa shape index (κ3) is 2.12. The van der Waals surface area contributed by atoms with E-state index in [0.29, 0.717) is 6.42 Å². The van der Waals surface area contributed by atoms with Crippen LogP contribution in [0, 0.1) is 6.92 Å². The highest BCUT2D eigenvalue weighted by Crippen LogP contribution is 2.34. The van der Waals surface area contributed by atoms with Gasteiger partial charge >= 0.3 is 0 Å². The number of hydrogen-bond acceptors (Lipinski definition) is 3. The number of aryl methyl sites for hydroxylation is 1. The van der Waals surface area contributed by atoms with E-state index in [4.69, 9.17) is 0 Å². The molecule has 0 fully saturated rings. The van der Waals surface area contributed by atoms with Crippen molar-refractivity contribution in [1.29, 1.82) is 0 Å². The van der Waals surface area contributed by atoms with E-state index in [1.54, 1.807) is 0 Å². The SMILES string of the molecule is Cc1csc(CC(F)c2cccc3c2NCC3)n1. The molecule has 0 amide bonds. The molecular formula is C14H15FN2S. The van der Waals surface area contributed by atoms with E-state index >= 15 is 0 Å². The molecule has 0 bridgehead atoms. The van der Waals surface area contributed by atoms with Crippen molar-refractivity contribution in [2.75, 3.05) is 11.9 Å². The minimum absolute atomic E-state index is 0.372. The van der Waals surface area contributed by atoms with Gasteiger partial charge in [0.1, 0.15) is 6.17 Å². The number of thiazole rings is 1. The quantitative estimate of drug-likeness (QED) is 0.913. The molecule has 1 aliphatic heterocycles. The number of nitrogens with zero attached hydrogens (tertiary/aromatic N) is 1. The van der Waals surface area contributed by atoms with Gasteiger partial charge in [-0.25, -0.2) is 9.37 Å². The molecule has 94 valence electrons. The van der Waals surface area contributed by atoms with Gasteiger partial charge in [-0.3, -0.25) is 0 Å². The molecule has 0 radical (unpaired) electrons. The zero-order valence-electron chi connectivity index (χ0n) is 10.2.